The number of pyridine rings is 1. The maximum absolute atomic E-state index is 13.5. The molecule has 0 N–H and O–H groups in total. The summed E-state index contributed by atoms with van der Waals surface area (Å²) in [4.78, 5) is 16.4. The van der Waals surface area contributed by atoms with Crippen molar-refractivity contribution >= 4 is 5.78 Å². The maximum Gasteiger partial charge on any atom is 0.419 e. The van der Waals surface area contributed by atoms with Crippen molar-refractivity contribution in [3.05, 3.63) is 83.4 Å². The predicted octanol–water partition coefficient (Wildman–Crippen LogP) is 5.71. The van der Waals surface area contributed by atoms with Gasteiger partial charge in [-0.25, -0.2) is 4.39 Å². The van der Waals surface area contributed by atoms with Crippen molar-refractivity contribution in [1.29, 1.82) is 0 Å². The van der Waals surface area contributed by atoms with Crippen molar-refractivity contribution < 1.29 is 31.8 Å². The first-order valence-corrected chi connectivity index (χ1v) is 10.1. The number of benzene rings is 2. The van der Waals surface area contributed by atoms with Crippen LogP contribution in [0.4, 0.5) is 17.6 Å². The SMILES string of the molecule is O=C(Cc1ccc(F)c(C(F)(F)F)c1)C[C@@H]1[C@H]2Oc3ccc(Oc4ccncc4)cc3[C@@H]12. The largest absolute Gasteiger partial charge is 0.489 e. The average Bonchev–Trinajstić information content (AvgIpc) is 3.26. The van der Waals surface area contributed by atoms with Crippen LogP contribution in [0.5, 0.6) is 17.2 Å². The lowest BCUT2D eigenvalue weighted by molar-refractivity contribution is -0.140. The standard InChI is InChI=1S/C24H17F4NO3/c25-20-3-1-13(10-19(20)24(26,27)28)9-14(30)11-18-22-17-12-16(2-4-21(17)32-23(18)22)31-15-5-7-29-8-6-15/h1-8,10,12,18,22-23H,9,11H2/t18-,22-,23+/m0/s1. The Morgan fingerprint density at radius 1 is 1.03 bits per heavy atom. The Labute approximate surface area is 180 Å². The van der Waals surface area contributed by atoms with Crippen LogP contribution in [0.25, 0.3) is 0 Å². The number of rotatable bonds is 6. The maximum atomic E-state index is 13.5. The van der Waals surface area contributed by atoms with E-state index in [0.717, 1.165) is 17.4 Å². The molecule has 1 saturated carbocycles. The molecule has 0 bridgehead atoms. The molecule has 5 rings (SSSR count). The minimum atomic E-state index is -4.80. The van der Waals surface area contributed by atoms with Crippen molar-refractivity contribution in [2.24, 2.45) is 5.92 Å². The number of aromatic nitrogens is 1. The van der Waals surface area contributed by atoms with Gasteiger partial charge in [-0.1, -0.05) is 6.07 Å². The van der Waals surface area contributed by atoms with Crippen LogP contribution < -0.4 is 9.47 Å². The van der Waals surface area contributed by atoms with E-state index in [1.54, 1.807) is 30.6 Å². The highest BCUT2D eigenvalue weighted by Gasteiger charge is 2.59. The summed E-state index contributed by atoms with van der Waals surface area (Å²) in [5, 5.41) is 0. The average molecular weight is 443 g/mol. The van der Waals surface area contributed by atoms with E-state index < -0.39 is 17.6 Å². The normalized spacial score (nSPS) is 20.8. The fourth-order valence-corrected chi connectivity index (χ4v) is 4.26. The first kappa shape index (κ1) is 20.5. The molecule has 0 spiro atoms. The third-order valence-electron chi connectivity index (χ3n) is 5.79. The molecule has 3 atom stereocenters. The third-order valence-corrected chi connectivity index (χ3v) is 5.79. The molecule has 0 saturated heterocycles. The van der Waals surface area contributed by atoms with E-state index in [-0.39, 0.29) is 42.1 Å². The molecule has 0 amide bonds. The summed E-state index contributed by atoms with van der Waals surface area (Å²) in [6.07, 6.45) is -1.67. The fourth-order valence-electron chi connectivity index (χ4n) is 4.26. The van der Waals surface area contributed by atoms with Gasteiger partial charge in [0.1, 0.15) is 35.0 Å². The molecule has 2 heterocycles. The molecule has 2 aromatic carbocycles. The minimum absolute atomic E-state index is 0.0336. The highest BCUT2D eigenvalue weighted by molar-refractivity contribution is 5.82. The second kappa shape index (κ2) is 7.62. The molecule has 0 unspecified atom stereocenters. The lowest BCUT2D eigenvalue weighted by Gasteiger charge is -2.11. The molecule has 32 heavy (non-hydrogen) atoms. The van der Waals surface area contributed by atoms with Gasteiger partial charge in [0.25, 0.3) is 0 Å². The highest BCUT2D eigenvalue weighted by Crippen LogP contribution is 2.60. The monoisotopic (exact) mass is 443 g/mol. The van der Waals surface area contributed by atoms with E-state index in [9.17, 15) is 22.4 Å². The van der Waals surface area contributed by atoms with Crippen molar-refractivity contribution in [1.82, 2.24) is 4.98 Å². The van der Waals surface area contributed by atoms with Crippen molar-refractivity contribution in [2.45, 2.75) is 31.0 Å². The zero-order chi connectivity index (χ0) is 22.5. The van der Waals surface area contributed by atoms with Gasteiger partial charge in [0.2, 0.25) is 0 Å². The predicted molar refractivity (Wildman–Crippen MR) is 106 cm³/mol. The molecule has 8 heteroatoms. The lowest BCUT2D eigenvalue weighted by atomic mass is 10.00. The van der Waals surface area contributed by atoms with Crippen molar-refractivity contribution in [3.8, 4) is 17.2 Å². The highest BCUT2D eigenvalue weighted by atomic mass is 19.4. The number of alkyl halides is 3. The van der Waals surface area contributed by atoms with Crippen LogP contribution in [0.15, 0.2) is 60.9 Å². The molecule has 2 aliphatic rings. The van der Waals surface area contributed by atoms with Crippen LogP contribution in [0, 0.1) is 11.7 Å². The number of carbonyl (C=O) groups is 1. The third kappa shape index (κ3) is 3.92. The summed E-state index contributed by atoms with van der Waals surface area (Å²) in [6, 6.07) is 11.7. The number of ketones is 1. The zero-order valence-corrected chi connectivity index (χ0v) is 16.6. The van der Waals surface area contributed by atoms with Gasteiger partial charge in [-0.05, 0) is 48.0 Å². The molecule has 1 aromatic heterocycles. The summed E-state index contributed by atoms with van der Waals surface area (Å²) in [7, 11) is 0. The number of Topliss-reactive ketones (excluding diaryl/α,β-unsaturated/α-hetero) is 1. The molecular formula is C24H17F4NO3. The summed E-state index contributed by atoms with van der Waals surface area (Å²) >= 11 is 0. The second-order valence-electron chi connectivity index (χ2n) is 7.99. The summed E-state index contributed by atoms with van der Waals surface area (Å²) < 4.78 is 63.9. The molecule has 1 aliphatic heterocycles. The smallest absolute Gasteiger partial charge is 0.419 e. The number of hydrogen-bond donors (Lipinski definition) is 0. The number of nitrogens with zero attached hydrogens (tertiary/aromatic N) is 1. The Morgan fingerprint density at radius 2 is 1.81 bits per heavy atom. The van der Waals surface area contributed by atoms with Gasteiger partial charge in [-0.2, -0.15) is 13.2 Å². The summed E-state index contributed by atoms with van der Waals surface area (Å²) in [5.41, 5.74) is -0.255. The molecule has 4 nitrogen and oxygen atoms in total. The van der Waals surface area contributed by atoms with Crippen molar-refractivity contribution in [2.75, 3.05) is 0 Å². The van der Waals surface area contributed by atoms with E-state index in [1.807, 2.05) is 12.1 Å². The Hall–Kier alpha value is -3.42. The number of halogens is 4. The van der Waals surface area contributed by atoms with Gasteiger partial charge in [0.05, 0.1) is 5.56 Å². The fraction of sp³-hybridized carbons (Fsp3) is 0.250. The number of hydrogen-bond acceptors (Lipinski definition) is 4. The van der Waals surface area contributed by atoms with Crippen LogP contribution >= 0.6 is 0 Å². The van der Waals surface area contributed by atoms with Crippen LogP contribution in [0.1, 0.15) is 29.0 Å². The van der Waals surface area contributed by atoms with Gasteiger partial charge >= 0.3 is 6.18 Å². The lowest BCUT2D eigenvalue weighted by Crippen LogP contribution is -2.11. The van der Waals surface area contributed by atoms with Gasteiger partial charge in [0, 0.05) is 42.6 Å². The number of ether oxygens (including phenoxy) is 2. The van der Waals surface area contributed by atoms with Gasteiger partial charge in [-0.15, -0.1) is 0 Å². The van der Waals surface area contributed by atoms with E-state index >= 15 is 0 Å². The van der Waals surface area contributed by atoms with Crippen LogP contribution in [0.3, 0.4) is 0 Å². The van der Waals surface area contributed by atoms with Crippen molar-refractivity contribution in [3.63, 3.8) is 0 Å². The minimum Gasteiger partial charge on any atom is -0.489 e. The van der Waals surface area contributed by atoms with Crippen LogP contribution in [-0.2, 0) is 17.4 Å². The molecule has 3 aromatic rings. The molecular weight excluding hydrogens is 426 g/mol. The van der Waals surface area contributed by atoms with E-state index in [0.29, 0.717) is 17.6 Å². The topological polar surface area (TPSA) is 48.4 Å². The van der Waals surface area contributed by atoms with E-state index in [2.05, 4.69) is 4.98 Å². The Bertz CT molecular complexity index is 1180. The zero-order valence-electron chi connectivity index (χ0n) is 16.6. The van der Waals surface area contributed by atoms with E-state index in [4.69, 9.17) is 9.47 Å². The quantitative estimate of drug-likeness (QED) is 0.458. The van der Waals surface area contributed by atoms with E-state index in [1.165, 1.54) is 6.07 Å². The Kier molecular flexibility index (Phi) is 4.87. The number of carbonyl (C=O) groups excluding carboxylic acids is 1. The van der Waals surface area contributed by atoms with Crippen LogP contribution in [0.2, 0.25) is 0 Å². The number of fused-ring (bicyclic) bond motifs is 3. The first-order valence-electron chi connectivity index (χ1n) is 10.1. The van der Waals surface area contributed by atoms with Gasteiger partial charge < -0.3 is 9.47 Å². The molecule has 1 fully saturated rings. The van der Waals surface area contributed by atoms with Gasteiger partial charge in [0.15, 0.2) is 0 Å². The van der Waals surface area contributed by atoms with Gasteiger partial charge in [-0.3, -0.25) is 9.78 Å². The molecule has 1 aliphatic carbocycles. The van der Waals surface area contributed by atoms with Crippen LogP contribution in [-0.4, -0.2) is 16.9 Å². The molecule has 164 valence electrons. The summed E-state index contributed by atoms with van der Waals surface area (Å²) in [5.74, 6) is 0.498. The molecule has 0 radical (unpaired) electrons. The second-order valence-corrected chi connectivity index (χ2v) is 7.99. The Balaban J connectivity index is 1.24. The first-order chi connectivity index (χ1) is 15.3. The summed E-state index contributed by atoms with van der Waals surface area (Å²) in [6.45, 7) is 0. The Morgan fingerprint density at radius 3 is 2.56 bits per heavy atom.